The fraction of sp³-hybridized carbons (Fsp3) is 0.500. The normalized spacial score (nSPS) is 12.2. The van der Waals surface area contributed by atoms with Crippen LogP contribution in [-0.4, -0.2) is 39.7 Å². The summed E-state index contributed by atoms with van der Waals surface area (Å²) in [6.07, 6.45) is 8.43. The highest BCUT2D eigenvalue weighted by molar-refractivity contribution is 5.47. The number of aryl methyl sites for hydroxylation is 1. The van der Waals surface area contributed by atoms with Crippen LogP contribution in [0.1, 0.15) is 18.9 Å². The zero-order valence-electron chi connectivity index (χ0n) is 12.5. The molecule has 2 aromatic heterocycles. The molecule has 0 spiro atoms. The van der Waals surface area contributed by atoms with Gasteiger partial charge < -0.3 is 14.8 Å². The van der Waals surface area contributed by atoms with Gasteiger partial charge in [-0.3, -0.25) is 0 Å². The minimum absolute atomic E-state index is 0.280. The van der Waals surface area contributed by atoms with E-state index in [0.29, 0.717) is 5.95 Å². The van der Waals surface area contributed by atoms with E-state index in [0.717, 1.165) is 24.3 Å². The Bertz CT molecular complexity index is 535. The first-order chi connectivity index (χ1) is 9.60. The number of rotatable bonds is 6. The number of imidazole rings is 1. The summed E-state index contributed by atoms with van der Waals surface area (Å²) in [4.78, 5) is 15.0. The lowest BCUT2D eigenvalue weighted by atomic mass is 10.2. The van der Waals surface area contributed by atoms with E-state index < -0.39 is 0 Å². The van der Waals surface area contributed by atoms with Crippen LogP contribution in [0.4, 0.5) is 11.8 Å². The van der Waals surface area contributed by atoms with Crippen LogP contribution < -0.4 is 10.2 Å². The van der Waals surface area contributed by atoms with Gasteiger partial charge in [0.1, 0.15) is 5.82 Å². The van der Waals surface area contributed by atoms with Gasteiger partial charge in [-0.05, 0) is 13.3 Å². The lowest BCUT2D eigenvalue weighted by molar-refractivity contribution is 0.565. The number of nitrogens with zero attached hydrogens (tertiary/aromatic N) is 5. The van der Waals surface area contributed by atoms with E-state index in [4.69, 9.17) is 0 Å². The third-order valence-electron chi connectivity index (χ3n) is 3.19. The molecule has 2 rings (SSSR count). The molecule has 0 aliphatic carbocycles. The first kappa shape index (κ1) is 14.3. The first-order valence-corrected chi connectivity index (χ1v) is 6.83. The minimum atomic E-state index is 0.280. The molecule has 108 valence electrons. The van der Waals surface area contributed by atoms with Crippen molar-refractivity contribution in [1.29, 1.82) is 0 Å². The van der Waals surface area contributed by atoms with Crippen molar-refractivity contribution in [3.8, 4) is 0 Å². The molecule has 2 heterocycles. The summed E-state index contributed by atoms with van der Waals surface area (Å²) in [5, 5.41) is 3.39. The van der Waals surface area contributed by atoms with Gasteiger partial charge in [0, 0.05) is 50.8 Å². The van der Waals surface area contributed by atoms with Gasteiger partial charge in [0.25, 0.3) is 0 Å². The van der Waals surface area contributed by atoms with Gasteiger partial charge in [0.05, 0.1) is 6.33 Å². The Kier molecular flexibility index (Phi) is 4.55. The van der Waals surface area contributed by atoms with Crippen LogP contribution in [0.5, 0.6) is 0 Å². The molecule has 0 aliphatic rings. The van der Waals surface area contributed by atoms with Crippen molar-refractivity contribution in [2.75, 3.05) is 24.3 Å². The summed E-state index contributed by atoms with van der Waals surface area (Å²) in [5.74, 6) is 1.62. The summed E-state index contributed by atoms with van der Waals surface area (Å²) in [5.41, 5.74) is 1.07. The minimum Gasteiger partial charge on any atom is -0.362 e. The van der Waals surface area contributed by atoms with Crippen molar-refractivity contribution in [3.63, 3.8) is 0 Å². The van der Waals surface area contributed by atoms with Crippen LogP contribution in [0.15, 0.2) is 24.9 Å². The topological polar surface area (TPSA) is 58.9 Å². The third-order valence-corrected chi connectivity index (χ3v) is 3.19. The smallest absolute Gasteiger partial charge is 0.224 e. The maximum Gasteiger partial charge on any atom is 0.224 e. The van der Waals surface area contributed by atoms with E-state index >= 15 is 0 Å². The summed E-state index contributed by atoms with van der Waals surface area (Å²) in [6.45, 7) is 5.02. The third kappa shape index (κ3) is 3.46. The van der Waals surface area contributed by atoms with Crippen molar-refractivity contribution in [2.45, 2.75) is 32.9 Å². The van der Waals surface area contributed by atoms with Crippen molar-refractivity contribution >= 4 is 11.8 Å². The van der Waals surface area contributed by atoms with Crippen molar-refractivity contribution < 1.29 is 0 Å². The van der Waals surface area contributed by atoms with E-state index in [9.17, 15) is 0 Å². The van der Waals surface area contributed by atoms with Gasteiger partial charge in [-0.15, -0.1) is 0 Å². The molecule has 0 amide bonds. The average molecular weight is 274 g/mol. The molecule has 0 unspecified atom stereocenters. The SMILES string of the molecule is CC[C@@H](Cn1ccnc1)Nc1ncc(C)c(N(C)C)n1. The Morgan fingerprint density at radius 2 is 2.20 bits per heavy atom. The number of anilines is 2. The number of aromatic nitrogens is 4. The molecule has 0 saturated carbocycles. The molecule has 2 aromatic rings. The van der Waals surface area contributed by atoms with Gasteiger partial charge in [-0.25, -0.2) is 9.97 Å². The quantitative estimate of drug-likeness (QED) is 0.872. The highest BCUT2D eigenvalue weighted by atomic mass is 15.2. The monoisotopic (exact) mass is 274 g/mol. The molecule has 20 heavy (non-hydrogen) atoms. The Morgan fingerprint density at radius 3 is 2.80 bits per heavy atom. The van der Waals surface area contributed by atoms with Crippen LogP contribution in [0.25, 0.3) is 0 Å². The van der Waals surface area contributed by atoms with Gasteiger partial charge in [-0.1, -0.05) is 6.92 Å². The maximum atomic E-state index is 4.57. The van der Waals surface area contributed by atoms with Crippen LogP contribution in [0, 0.1) is 6.92 Å². The zero-order valence-corrected chi connectivity index (χ0v) is 12.5. The second-order valence-corrected chi connectivity index (χ2v) is 5.10. The highest BCUT2D eigenvalue weighted by Gasteiger charge is 2.11. The molecule has 0 saturated heterocycles. The summed E-state index contributed by atoms with van der Waals surface area (Å²) >= 11 is 0. The molecule has 0 bridgehead atoms. The van der Waals surface area contributed by atoms with Crippen molar-refractivity contribution in [3.05, 3.63) is 30.5 Å². The van der Waals surface area contributed by atoms with Gasteiger partial charge >= 0.3 is 0 Å². The molecule has 0 aliphatic heterocycles. The van der Waals surface area contributed by atoms with E-state index in [2.05, 4.69) is 31.8 Å². The Labute approximate surface area is 119 Å². The molecular formula is C14H22N6. The average Bonchev–Trinajstić information content (AvgIpc) is 2.92. The van der Waals surface area contributed by atoms with E-state index in [1.165, 1.54) is 0 Å². The Hall–Kier alpha value is -2.11. The van der Waals surface area contributed by atoms with Gasteiger partial charge in [0.15, 0.2) is 0 Å². The largest absolute Gasteiger partial charge is 0.362 e. The second-order valence-electron chi connectivity index (χ2n) is 5.10. The van der Waals surface area contributed by atoms with Crippen molar-refractivity contribution in [1.82, 2.24) is 19.5 Å². The second kappa shape index (κ2) is 6.36. The lowest BCUT2D eigenvalue weighted by Crippen LogP contribution is -2.26. The number of nitrogens with one attached hydrogen (secondary N) is 1. The molecule has 6 nitrogen and oxygen atoms in total. The lowest BCUT2D eigenvalue weighted by Gasteiger charge is -2.19. The van der Waals surface area contributed by atoms with Crippen LogP contribution in [0.3, 0.4) is 0 Å². The maximum absolute atomic E-state index is 4.57. The standard InChI is InChI=1S/C14H22N6/c1-5-12(9-20-7-6-15-10-20)17-14-16-8-11(2)13(18-14)19(3)4/h6-8,10,12H,5,9H2,1-4H3,(H,16,17,18)/t12-/m0/s1. The van der Waals surface area contributed by atoms with Crippen LogP contribution >= 0.6 is 0 Å². The predicted molar refractivity (Wildman–Crippen MR) is 81.0 cm³/mol. The van der Waals surface area contributed by atoms with Gasteiger partial charge in [0.2, 0.25) is 5.95 Å². The highest BCUT2D eigenvalue weighted by Crippen LogP contribution is 2.16. The molecule has 0 fully saturated rings. The van der Waals surface area contributed by atoms with E-state index in [1.54, 1.807) is 6.20 Å². The van der Waals surface area contributed by atoms with Crippen molar-refractivity contribution in [2.24, 2.45) is 0 Å². The summed E-state index contributed by atoms with van der Waals surface area (Å²) in [7, 11) is 3.98. The molecule has 0 radical (unpaired) electrons. The molecule has 1 atom stereocenters. The molecular weight excluding hydrogens is 252 g/mol. The fourth-order valence-corrected chi connectivity index (χ4v) is 2.06. The summed E-state index contributed by atoms with van der Waals surface area (Å²) < 4.78 is 2.06. The van der Waals surface area contributed by atoms with E-state index in [1.807, 2.05) is 44.6 Å². The summed E-state index contributed by atoms with van der Waals surface area (Å²) in [6, 6.07) is 0.280. The fourth-order valence-electron chi connectivity index (χ4n) is 2.06. The van der Waals surface area contributed by atoms with Crippen LogP contribution in [0.2, 0.25) is 0 Å². The Morgan fingerprint density at radius 1 is 1.40 bits per heavy atom. The Balaban J connectivity index is 2.09. The first-order valence-electron chi connectivity index (χ1n) is 6.83. The van der Waals surface area contributed by atoms with Gasteiger partial charge in [-0.2, -0.15) is 4.98 Å². The predicted octanol–water partition coefficient (Wildman–Crippen LogP) is 1.94. The molecule has 1 N–H and O–H groups in total. The van der Waals surface area contributed by atoms with E-state index in [-0.39, 0.29) is 6.04 Å². The number of hydrogen-bond donors (Lipinski definition) is 1. The van der Waals surface area contributed by atoms with Crippen LogP contribution in [-0.2, 0) is 6.54 Å². The number of hydrogen-bond acceptors (Lipinski definition) is 5. The molecule has 6 heteroatoms. The molecule has 0 aromatic carbocycles. The zero-order chi connectivity index (χ0) is 14.5.